The SMILES string of the molecule is CN(C)CCCN(C)[C@@H]1CCC[C@H]1O. The molecule has 84 valence electrons. The van der Waals surface area contributed by atoms with Crippen LogP contribution in [-0.4, -0.2) is 61.3 Å². The molecule has 0 aliphatic heterocycles. The highest BCUT2D eigenvalue weighted by atomic mass is 16.3. The molecule has 0 spiro atoms. The Bertz CT molecular complexity index is 161. The summed E-state index contributed by atoms with van der Waals surface area (Å²) < 4.78 is 0. The van der Waals surface area contributed by atoms with Crippen molar-refractivity contribution in [2.45, 2.75) is 37.8 Å². The normalized spacial score (nSPS) is 27.9. The fourth-order valence-corrected chi connectivity index (χ4v) is 2.24. The van der Waals surface area contributed by atoms with Gasteiger partial charge in [-0.2, -0.15) is 0 Å². The number of aliphatic hydroxyl groups is 1. The molecule has 14 heavy (non-hydrogen) atoms. The lowest BCUT2D eigenvalue weighted by atomic mass is 10.2. The first-order chi connectivity index (χ1) is 6.61. The fourth-order valence-electron chi connectivity index (χ4n) is 2.24. The zero-order valence-electron chi connectivity index (χ0n) is 9.74. The molecule has 0 aromatic carbocycles. The predicted octanol–water partition coefficient (Wildman–Crippen LogP) is 0.783. The molecule has 0 aromatic heterocycles. The molecule has 1 N–H and O–H groups in total. The Balaban J connectivity index is 2.17. The van der Waals surface area contributed by atoms with E-state index < -0.39 is 0 Å². The average molecular weight is 200 g/mol. The summed E-state index contributed by atoms with van der Waals surface area (Å²) in [6.45, 7) is 2.23. The van der Waals surface area contributed by atoms with E-state index in [2.05, 4.69) is 30.9 Å². The molecule has 3 nitrogen and oxygen atoms in total. The zero-order valence-corrected chi connectivity index (χ0v) is 9.74. The maximum atomic E-state index is 9.72. The first kappa shape index (κ1) is 12.0. The van der Waals surface area contributed by atoms with Crippen molar-refractivity contribution in [1.29, 1.82) is 0 Å². The number of likely N-dealkylation sites (N-methyl/N-ethyl adjacent to an activating group) is 1. The maximum absolute atomic E-state index is 9.72. The van der Waals surface area contributed by atoms with Gasteiger partial charge in [-0.05, 0) is 59.9 Å². The van der Waals surface area contributed by atoms with Crippen molar-refractivity contribution in [1.82, 2.24) is 9.80 Å². The molecule has 0 bridgehead atoms. The molecule has 1 aliphatic carbocycles. The Morgan fingerprint density at radius 2 is 1.86 bits per heavy atom. The number of nitrogens with zero attached hydrogens (tertiary/aromatic N) is 2. The van der Waals surface area contributed by atoms with Crippen LogP contribution in [0, 0.1) is 0 Å². The van der Waals surface area contributed by atoms with Crippen LogP contribution in [0.15, 0.2) is 0 Å². The van der Waals surface area contributed by atoms with Gasteiger partial charge in [0.15, 0.2) is 0 Å². The lowest BCUT2D eigenvalue weighted by Crippen LogP contribution is -2.38. The van der Waals surface area contributed by atoms with Gasteiger partial charge >= 0.3 is 0 Å². The van der Waals surface area contributed by atoms with Crippen LogP contribution in [0.25, 0.3) is 0 Å². The molecule has 0 radical (unpaired) electrons. The summed E-state index contributed by atoms with van der Waals surface area (Å²) in [5.41, 5.74) is 0. The van der Waals surface area contributed by atoms with Crippen molar-refractivity contribution in [3.8, 4) is 0 Å². The monoisotopic (exact) mass is 200 g/mol. The van der Waals surface area contributed by atoms with Gasteiger partial charge in [0.25, 0.3) is 0 Å². The van der Waals surface area contributed by atoms with Gasteiger partial charge in [0.05, 0.1) is 6.10 Å². The van der Waals surface area contributed by atoms with Crippen LogP contribution >= 0.6 is 0 Å². The first-order valence-corrected chi connectivity index (χ1v) is 5.64. The minimum Gasteiger partial charge on any atom is -0.391 e. The summed E-state index contributed by atoms with van der Waals surface area (Å²) in [6, 6.07) is 0.414. The van der Waals surface area contributed by atoms with E-state index in [1.165, 1.54) is 19.3 Å². The lowest BCUT2D eigenvalue weighted by Gasteiger charge is -2.27. The number of hydrogen-bond acceptors (Lipinski definition) is 3. The highest BCUT2D eigenvalue weighted by Crippen LogP contribution is 2.23. The fraction of sp³-hybridized carbons (Fsp3) is 1.00. The number of hydrogen-bond donors (Lipinski definition) is 1. The van der Waals surface area contributed by atoms with Crippen LogP contribution in [0.5, 0.6) is 0 Å². The molecule has 0 amide bonds. The molecule has 0 heterocycles. The van der Waals surface area contributed by atoms with Crippen molar-refractivity contribution in [2.75, 3.05) is 34.2 Å². The number of aliphatic hydroxyl groups excluding tert-OH is 1. The first-order valence-electron chi connectivity index (χ1n) is 5.64. The Labute approximate surface area is 87.7 Å². The Kier molecular flexibility index (Phi) is 4.85. The Hall–Kier alpha value is -0.120. The largest absolute Gasteiger partial charge is 0.391 e. The van der Waals surface area contributed by atoms with Gasteiger partial charge in [0.2, 0.25) is 0 Å². The van der Waals surface area contributed by atoms with Gasteiger partial charge in [-0.15, -0.1) is 0 Å². The summed E-state index contributed by atoms with van der Waals surface area (Å²) in [4.78, 5) is 4.53. The van der Waals surface area contributed by atoms with Crippen LogP contribution in [-0.2, 0) is 0 Å². The van der Waals surface area contributed by atoms with Crippen LogP contribution in [0.4, 0.5) is 0 Å². The van der Waals surface area contributed by atoms with E-state index in [9.17, 15) is 5.11 Å². The van der Waals surface area contributed by atoms with Crippen LogP contribution in [0.3, 0.4) is 0 Å². The molecule has 1 aliphatic rings. The highest BCUT2D eigenvalue weighted by molar-refractivity contribution is 4.83. The molecular weight excluding hydrogens is 176 g/mol. The van der Waals surface area contributed by atoms with E-state index in [0.717, 1.165) is 19.5 Å². The third-order valence-corrected chi connectivity index (χ3v) is 3.13. The van der Waals surface area contributed by atoms with Gasteiger partial charge in [-0.3, -0.25) is 0 Å². The molecule has 0 saturated heterocycles. The van der Waals surface area contributed by atoms with Crippen LogP contribution in [0.2, 0.25) is 0 Å². The van der Waals surface area contributed by atoms with E-state index in [-0.39, 0.29) is 6.10 Å². The second kappa shape index (κ2) is 5.69. The topological polar surface area (TPSA) is 26.7 Å². The highest BCUT2D eigenvalue weighted by Gasteiger charge is 2.27. The Morgan fingerprint density at radius 1 is 1.14 bits per heavy atom. The minimum atomic E-state index is -0.0839. The van der Waals surface area contributed by atoms with E-state index in [1.54, 1.807) is 0 Å². The molecular formula is C11H24N2O. The molecule has 3 heteroatoms. The van der Waals surface area contributed by atoms with E-state index in [4.69, 9.17) is 0 Å². The molecule has 1 fully saturated rings. The van der Waals surface area contributed by atoms with Crippen LogP contribution in [0.1, 0.15) is 25.7 Å². The Morgan fingerprint density at radius 3 is 2.36 bits per heavy atom. The summed E-state index contributed by atoms with van der Waals surface area (Å²) in [5.74, 6) is 0. The summed E-state index contributed by atoms with van der Waals surface area (Å²) in [5, 5.41) is 9.72. The van der Waals surface area contributed by atoms with Crippen molar-refractivity contribution in [2.24, 2.45) is 0 Å². The minimum absolute atomic E-state index is 0.0839. The standard InChI is InChI=1S/C11H24N2O/c1-12(2)8-5-9-13(3)10-6-4-7-11(10)14/h10-11,14H,4-9H2,1-3H3/t10-,11-/m1/s1. The molecule has 1 saturated carbocycles. The predicted molar refractivity (Wildman–Crippen MR) is 59.4 cm³/mol. The second-order valence-electron chi connectivity index (χ2n) is 4.70. The van der Waals surface area contributed by atoms with Gasteiger partial charge in [0.1, 0.15) is 0 Å². The molecule has 0 aromatic rings. The van der Waals surface area contributed by atoms with Gasteiger partial charge in [-0.1, -0.05) is 0 Å². The van der Waals surface area contributed by atoms with E-state index in [0.29, 0.717) is 6.04 Å². The van der Waals surface area contributed by atoms with Crippen molar-refractivity contribution >= 4 is 0 Å². The molecule has 2 atom stereocenters. The number of rotatable bonds is 5. The zero-order chi connectivity index (χ0) is 10.6. The third-order valence-electron chi connectivity index (χ3n) is 3.13. The molecule has 0 unspecified atom stereocenters. The van der Waals surface area contributed by atoms with Crippen molar-refractivity contribution in [3.05, 3.63) is 0 Å². The van der Waals surface area contributed by atoms with Gasteiger partial charge in [0, 0.05) is 6.04 Å². The summed E-state index contributed by atoms with van der Waals surface area (Å²) in [7, 11) is 6.34. The maximum Gasteiger partial charge on any atom is 0.0695 e. The second-order valence-corrected chi connectivity index (χ2v) is 4.70. The smallest absolute Gasteiger partial charge is 0.0695 e. The summed E-state index contributed by atoms with van der Waals surface area (Å²) >= 11 is 0. The van der Waals surface area contributed by atoms with Crippen molar-refractivity contribution in [3.63, 3.8) is 0 Å². The quantitative estimate of drug-likeness (QED) is 0.710. The van der Waals surface area contributed by atoms with Gasteiger partial charge in [-0.25, -0.2) is 0 Å². The average Bonchev–Trinajstić information content (AvgIpc) is 2.50. The summed E-state index contributed by atoms with van der Waals surface area (Å²) in [6.07, 6.45) is 4.44. The third kappa shape index (κ3) is 3.56. The van der Waals surface area contributed by atoms with Gasteiger partial charge < -0.3 is 14.9 Å². The van der Waals surface area contributed by atoms with Crippen LogP contribution < -0.4 is 0 Å². The van der Waals surface area contributed by atoms with E-state index in [1.807, 2.05) is 0 Å². The van der Waals surface area contributed by atoms with Crippen molar-refractivity contribution < 1.29 is 5.11 Å². The molecule has 1 rings (SSSR count). The van der Waals surface area contributed by atoms with E-state index >= 15 is 0 Å². The lowest BCUT2D eigenvalue weighted by molar-refractivity contribution is 0.0846.